The van der Waals surface area contributed by atoms with E-state index in [9.17, 15) is 0 Å². The van der Waals surface area contributed by atoms with Crippen LogP contribution in [0.15, 0.2) is 24.3 Å². The van der Waals surface area contributed by atoms with Gasteiger partial charge >= 0.3 is 0 Å². The first kappa shape index (κ1) is 16.3. The number of aromatic nitrogens is 2. The Morgan fingerprint density at radius 1 is 1.13 bits per heavy atom. The van der Waals surface area contributed by atoms with Gasteiger partial charge in [-0.05, 0) is 43.9 Å². The number of piperidine rings is 1. The minimum atomic E-state index is 0.566. The summed E-state index contributed by atoms with van der Waals surface area (Å²) in [6, 6.07) is 7.35. The Kier molecular flexibility index (Phi) is 4.93. The first-order valence-electron chi connectivity index (χ1n) is 7.83. The molecule has 1 saturated heterocycles. The monoisotopic (exact) mass is 350 g/mol. The Balaban J connectivity index is 1.85. The fourth-order valence-electron chi connectivity index (χ4n) is 2.92. The van der Waals surface area contributed by atoms with Gasteiger partial charge in [-0.2, -0.15) is 4.98 Å². The molecule has 1 unspecified atom stereocenters. The number of nitrogens with zero attached hydrogens (tertiary/aromatic N) is 3. The van der Waals surface area contributed by atoms with Crippen molar-refractivity contribution in [3.8, 4) is 0 Å². The van der Waals surface area contributed by atoms with Crippen LogP contribution in [0.5, 0.6) is 0 Å². The van der Waals surface area contributed by atoms with Gasteiger partial charge in [-0.1, -0.05) is 30.1 Å². The number of aryl methyl sites for hydroxylation is 1. The van der Waals surface area contributed by atoms with Gasteiger partial charge in [-0.15, -0.1) is 0 Å². The minimum absolute atomic E-state index is 0.566. The number of hydrogen-bond acceptors (Lipinski definition) is 4. The maximum Gasteiger partial charge on any atom is 0.229 e. The largest absolute Gasteiger partial charge is 0.356 e. The fourth-order valence-corrected chi connectivity index (χ4v) is 3.45. The molecule has 1 aliphatic rings. The summed E-state index contributed by atoms with van der Waals surface area (Å²) in [7, 11) is 0. The molecular weight excluding hydrogens is 331 g/mol. The van der Waals surface area contributed by atoms with Gasteiger partial charge in [0.1, 0.15) is 5.82 Å². The molecule has 0 saturated carbocycles. The van der Waals surface area contributed by atoms with Crippen LogP contribution < -0.4 is 10.2 Å². The lowest BCUT2D eigenvalue weighted by molar-refractivity contribution is 0.444. The Morgan fingerprint density at radius 2 is 1.87 bits per heavy atom. The SMILES string of the molecule is Cc1cc(N2CCCC(C)C2)nc(Nc2cc(Cl)cc(Cl)c2)n1. The predicted molar refractivity (Wildman–Crippen MR) is 97.1 cm³/mol. The van der Waals surface area contributed by atoms with Gasteiger partial charge in [-0.25, -0.2) is 4.98 Å². The Hall–Kier alpha value is -1.52. The molecule has 4 nitrogen and oxygen atoms in total. The summed E-state index contributed by atoms with van der Waals surface area (Å²) in [4.78, 5) is 11.5. The van der Waals surface area contributed by atoms with Crippen molar-refractivity contribution in [2.45, 2.75) is 26.7 Å². The van der Waals surface area contributed by atoms with Crippen LogP contribution in [-0.2, 0) is 0 Å². The van der Waals surface area contributed by atoms with Crippen molar-refractivity contribution in [1.29, 1.82) is 0 Å². The molecule has 0 radical (unpaired) electrons. The number of benzene rings is 1. The van der Waals surface area contributed by atoms with Crippen LogP contribution in [0.1, 0.15) is 25.5 Å². The van der Waals surface area contributed by atoms with E-state index in [0.717, 1.165) is 30.3 Å². The molecule has 1 atom stereocenters. The van der Waals surface area contributed by atoms with Crippen LogP contribution in [0.3, 0.4) is 0 Å². The highest BCUT2D eigenvalue weighted by molar-refractivity contribution is 6.35. The lowest BCUT2D eigenvalue weighted by Crippen LogP contribution is -2.35. The maximum atomic E-state index is 6.04. The van der Waals surface area contributed by atoms with Gasteiger partial charge in [0.15, 0.2) is 0 Å². The summed E-state index contributed by atoms with van der Waals surface area (Å²) < 4.78 is 0. The highest BCUT2D eigenvalue weighted by atomic mass is 35.5. The van der Waals surface area contributed by atoms with Crippen LogP contribution in [0.2, 0.25) is 10.0 Å². The number of nitrogens with one attached hydrogen (secondary N) is 1. The van der Waals surface area contributed by atoms with E-state index < -0.39 is 0 Å². The molecule has 1 aromatic heterocycles. The van der Waals surface area contributed by atoms with Crippen molar-refractivity contribution in [1.82, 2.24) is 9.97 Å². The van der Waals surface area contributed by atoms with Gasteiger partial charge in [0.25, 0.3) is 0 Å². The molecular formula is C17H20Cl2N4. The summed E-state index contributed by atoms with van der Waals surface area (Å²) in [5.74, 6) is 2.23. The van der Waals surface area contributed by atoms with E-state index in [0.29, 0.717) is 21.9 Å². The quantitative estimate of drug-likeness (QED) is 0.838. The topological polar surface area (TPSA) is 41.1 Å². The summed E-state index contributed by atoms with van der Waals surface area (Å²) in [6.45, 7) is 6.35. The number of anilines is 3. The van der Waals surface area contributed by atoms with Crippen molar-refractivity contribution in [2.24, 2.45) is 5.92 Å². The number of hydrogen-bond donors (Lipinski definition) is 1. The molecule has 0 bridgehead atoms. The van der Waals surface area contributed by atoms with Gasteiger partial charge in [-0.3, -0.25) is 0 Å². The van der Waals surface area contributed by atoms with E-state index in [1.54, 1.807) is 6.07 Å². The smallest absolute Gasteiger partial charge is 0.229 e. The molecule has 122 valence electrons. The Morgan fingerprint density at radius 3 is 2.57 bits per heavy atom. The average Bonchev–Trinajstić information content (AvgIpc) is 2.45. The lowest BCUT2D eigenvalue weighted by atomic mass is 10.0. The third-order valence-corrected chi connectivity index (χ3v) is 4.38. The van der Waals surface area contributed by atoms with E-state index in [1.807, 2.05) is 25.1 Å². The van der Waals surface area contributed by atoms with Crippen LogP contribution in [-0.4, -0.2) is 23.1 Å². The standard InChI is InChI=1S/C17H20Cl2N4/c1-11-4-3-5-23(10-11)16-6-12(2)20-17(22-16)21-15-8-13(18)7-14(19)9-15/h6-9,11H,3-5,10H2,1-2H3,(H,20,21,22). The van der Waals surface area contributed by atoms with Crippen molar-refractivity contribution in [2.75, 3.05) is 23.3 Å². The van der Waals surface area contributed by atoms with Gasteiger partial charge in [0.05, 0.1) is 0 Å². The number of halogens is 2. The van der Waals surface area contributed by atoms with Gasteiger partial charge in [0, 0.05) is 40.6 Å². The third-order valence-electron chi connectivity index (χ3n) is 3.94. The molecule has 0 aliphatic carbocycles. The van der Waals surface area contributed by atoms with Crippen molar-refractivity contribution < 1.29 is 0 Å². The second-order valence-corrected chi connectivity index (χ2v) is 7.04. The fraction of sp³-hybridized carbons (Fsp3) is 0.412. The molecule has 0 amide bonds. The zero-order valence-corrected chi connectivity index (χ0v) is 14.8. The first-order valence-corrected chi connectivity index (χ1v) is 8.59. The van der Waals surface area contributed by atoms with Crippen LogP contribution in [0.25, 0.3) is 0 Å². The van der Waals surface area contributed by atoms with Crippen molar-refractivity contribution >= 4 is 40.7 Å². The molecule has 1 fully saturated rings. The van der Waals surface area contributed by atoms with Crippen LogP contribution >= 0.6 is 23.2 Å². The van der Waals surface area contributed by atoms with Crippen LogP contribution in [0, 0.1) is 12.8 Å². The van der Waals surface area contributed by atoms with Gasteiger partial charge in [0.2, 0.25) is 5.95 Å². The molecule has 2 heterocycles. The summed E-state index contributed by atoms with van der Waals surface area (Å²) >= 11 is 12.1. The van der Waals surface area contributed by atoms with E-state index in [2.05, 4.69) is 27.1 Å². The normalized spacial score (nSPS) is 18.1. The second kappa shape index (κ2) is 6.93. The third kappa shape index (κ3) is 4.27. The van der Waals surface area contributed by atoms with E-state index >= 15 is 0 Å². The summed E-state index contributed by atoms with van der Waals surface area (Å²) in [6.07, 6.45) is 2.49. The maximum absolute atomic E-state index is 6.04. The van der Waals surface area contributed by atoms with E-state index in [-0.39, 0.29) is 0 Å². The highest BCUT2D eigenvalue weighted by Gasteiger charge is 2.18. The van der Waals surface area contributed by atoms with Crippen molar-refractivity contribution in [3.63, 3.8) is 0 Å². The molecule has 2 aromatic rings. The molecule has 3 rings (SSSR count). The van der Waals surface area contributed by atoms with Gasteiger partial charge < -0.3 is 10.2 Å². The summed E-state index contributed by atoms with van der Waals surface area (Å²) in [5, 5.41) is 4.36. The molecule has 23 heavy (non-hydrogen) atoms. The zero-order chi connectivity index (χ0) is 16.4. The average molecular weight is 351 g/mol. The first-order chi connectivity index (χ1) is 11.0. The minimum Gasteiger partial charge on any atom is -0.356 e. The number of rotatable bonds is 3. The predicted octanol–water partition coefficient (Wildman–Crippen LogP) is 5.07. The molecule has 1 N–H and O–H groups in total. The highest BCUT2D eigenvalue weighted by Crippen LogP contribution is 2.26. The Labute approximate surface area is 146 Å². The molecule has 1 aliphatic heterocycles. The molecule has 1 aromatic carbocycles. The van der Waals surface area contributed by atoms with E-state index in [4.69, 9.17) is 23.2 Å². The second-order valence-electron chi connectivity index (χ2n) is 6.17. The molecule has 0 spiro atoms. The van der Waals surface area contributed by atoms with Crippen LogP contribution in [0.4, 0.5) is 17.5 Å². The van der Waals surface area contributed by atoms with E-state index in [1.165, 1.54) is 12.8 Å². The molecule has 6 heteroatoms. The lowest BCUT2D eigenvalue weighted by Gasteiger charge is -2.32. The van der Waals surface area contributed by atoms with Crippen molar-refractivity contribution in [3.05, 3.63) is 40.0 Å². The zero-order valence-electron chi connectivity index (χ0n) is 13.3. The summed E-state index contributed by atoms with van der Waals surface area (Å²) in [5.41, 5.74) is 1.72. The Bertz CT molecular complexity index is 685.